The van der Waals surface area contributed by atoms with Crippen LogP contribution in [0, 0.1) is 5.41 Å². The number of nitrogens with one attached hydrogen (secondary N) is 2. The average molecular weight is 406 g/mol. The number of allylic oxidation sites excluding steroid dienone is 1. The van der Waals surface area contributed by atoms with Gasteiger partial charge in [-0.05, 0) is 47.7 Å². The van der Waals surface area contributed by atoms with Crippen molar-refractivity contribution in [3.05, 3.63) is 58.8 Å². The first kappa shape index (κ1) is 18.5. The Morgan fingerprint density at radius 3 is 2.67 bits per heavy atom. The molecule has 0 radical (unpaired) electrons. The third-order valence-corrected chi connectivity index (χ3v) is 5.79. The maximum absolute atomic E-state index is 13.3. The molecule has 1 unspecified atom stereocenters. The van der Waals surface area contributed by atoms with Crippen molar-refractivity contribution in [2.75, 3.05) is 17.4 Å². The van der Waals surface area contributed by atoms with Crippen LogP contribution >= 0.6 is 0 Å². The second-order valence-corrected chi connectivity index (χ2v) is 8.71. The summed E-state index contributed by atoms with van der Waals surface area (Å²) in [5.74, 6) is 0.418. The summed E-state index contributed by atoms with van der Waals surface area (Å²) in [6.07, 6.45) is 1.14. The average Bonchev–Trinajstić information content (AvgIpc) is 3.07. The van der Waals surface area contributed by atoms with E-state index in [9.17, 15) is 14.7 Å². The molecular formula is C23H22N2O5. The summed E-state index contributed by atoms with van der Waals surface area (Å²) in [6, 6.07) is 10.2. The molecule has 0 saturated heterocycles. The lowest BCUT2D eigenvalue weighted by Crippen LogP contribution is -2.31. The van der Waals surface area contributed by atoms with Crippen molar-refractivity contribution >= 4 is 23.1 Å². The Balaban J connectivity index is 1.66. The molecule has 30 heavy (non-hydrogen) atoms. The second kappa shape index (κ2) is 6.52. The zero-order valence-electron chi connectivity index (χ0n) is 16.7. The Morgan fingerprint density at radius 1 is 1.07 bits per heavy atom. The second-order valence-electron chi connectivity index (χ2n) is 8.71. The van der Waals surface area contributed by atoms with E-state index in [4.69, 9.17) is 9.47 Å². The van der Waals surface area contributed by atoms with Crippen LogP contribution in [0.25, 0.3) is 0 Å². The Labute approximate surface area is 173 Å². The van der Waals surface area contributed by atoms with Crippen molar-refractivity contribution in [1.29, 1.82) is 0 Å². The van der Waals surface area contributed by atoms with Crippen LogP contribution in [0.15, 0.2) is 47.7 Å². The van der Waals surface area contributed by atoms with E-state index in [1.165, 1.54) is 0 Å². The van der Waals surface area contributed by atoms with Gasteiger partial charge in [0.25, 0.3) is 0 Å². The fourth-order valence-corrected chi connectivity index (χ4v) is 4.42. The summed E-state index contributed by atoms with van der Waals surface area (Å²) >= 11 is 0. The van der Waals surface area contributed by atoms with Crippen LogP contribution in [-0.2, 0) is 4.79 Å². The van der Waals surface area contributed by atoms with E-state index in [0.717, 1.165) is 16.9 Å². The highest BCUT2D eigenvalue weighted by molar-refractivity contribution is 6.01. The quantitative estimate of drug-likeness (QED) is 0.683. The Morgan fingerprint density at radius 2 is 1.87 bits per heavy atom. The number of rotatable bonds is 2. The van der Waals surface area contributed by atoms with E-state index in [1.54, 1.807) is 18.2 Å². The number of ketones is 1. The summed E-state index contributed by atoms with van der Waals surface area (Å²) < 4.78 is 11.0. The molecule has 154 valence electrons. The van der Waals surface area contributed by atoms with Crippen LogP contribution in [0.4, 0.5) is 11.4 Å². The minimum Gasteiger partial charge on any atom is -0.478 e. The molecule has 0 aromatic heterocycles. The van der Waals surface area contributed by atoms with Crippen LogP contribution in [0.2, 0.25) is 0 Å². The molecule has 5 rings (SSSR count). The number of carbonyl (C=O) groups is 2. The van der Waals surface area contributed by atoms with Gasteiger partial charge in [-0.2, -0.15) is 0 Å². The molecule has 1 aliphatic carbocycles. The molecule has 3 aliphatic rings. The summed E-state index contributed by atoms with van der Waals surface area (Å²) in [7, 11) is 0. The lowest BCUT2D eigenvalue weighted by atomic mass is 9.73. The van der Waals surface area contributed by atoms with Crippen molar-refractivity contribution < 1.29 is 24.2 Å². The first-order chi connectivity index (χ1) is 14.3. The van der Waals surface area contributed by atoms with Crippen LogP contribution in [0.5, 0.6) is 11.5 Å². The highest BCUT2D eigenvalue weighted by Crippen LogP contribution is 2.46. The maximum Gasteiger partial charge on any atom is 0.335 e. The number of fused-ring (bicyclic) bond motifs is 2. The molecule has 7 nitrogen and oxygen atoms in total. The topological polar surface area (TPSA) is 96.9 Å². The lowest BCUT2D eigenvalue weighted by molar-refractivity contribution is -0.118. The molecule has 0 spiro atoms. The highest BCUT2D eigenvalue weighted by atomic mass is 16.7. The Hall–Kier alpha value is -3.48. The summed E-state index contributed by atoms with van der Waals surface area (Å²) in [4.78, 5) is 24.7. The van der Waals surface area contributed by atoms with Gasteiger partial charge in [0.2, 0.25) is 6.79 Å². The van der Waals surface area contributed by atoms with Gasteiger partial charge >= 0.3 is 5.97 Å². The summed E-state index contributed by atoms with van der Waals surface area (Å²) in [5, 5.41) is 16.2. The number of ether oxygens (including phenoxy) is 2. The summed E-state index contributed by atoms with van der Waals surface area (Å²) in [6.45, 7) is 4.32. The molecule has 2 aromatic carbocycles. The predicted molar refractivity (Wildman–Crippen MR) is 111 cm³/mol. The molecule has 2 aliphatic heterocycles. The van der Waals surface area contributed by atoms with Gasteiger partial charge in [-0.15, -0.1) is 0 Å². The van der Waals surface area contributed by atoms with Crippen molar-refractivity contribution in [3.8, 4) is 11.5 Å². The van der Waals surface area contributed by atoms with Crippen LogP contribution < -0.4 is 20.1 Å². The minimum absolute atomic E-state index is 0.0789. The number of benzene rings is 2. The van der Waals surface area contributed by atoms with Gasteiger partial charge in [0.05, 0.1) is 23.0 Å². The molecule has 0 amide bonds. The van der Waals surface area contributed by atoms with Crippen LogP contribution in [-0.4, -0.2) is 23.7 Å². The number of hydrogen-bond acceptors (Lipinski definition) is 6. The summed E-state index contributed by atoms with van der Waals surface area (Å²) in [5.41, 5.74) is 3.79. The van der Waals surface area contributed by atoms with Crippen molar-refractivity contribution in [2.45, 2.75) is 32.7 Å². The first-order valence-electron chi connectivity index (χ1n) is 9.87. The lowest BCUT2D eigenvalue weighted by Gasteiger charge is -2.34. The van der Waals surface area contributed by atoms with E-state index in [-0.39, 0.29) is 29.6 Å². The molecule has 0 fully saturated rings. The third-order valence-electron chi connectivity index (χ3n) is 5.79. The fourth-order valence-electron chi connectivity index (χ4n) is 4.42. The fraction of sp³-hybridized carbons (Fsp3) is 0.304. The molecular weight excluding hydrogens is 384 g/mol. The standard InChI is InChI=1S/C23H22N2O5/c1-23(2)9-16-20(17(26)10-23)21(12-4-6-18-19(8-12)30-11-29-18)25-14-5-3-13(22(27)28)7-15(14)24-16/h3-8,21,24-25H,9-11H2,1-2H3,(H,27,28). The van der Waals surface area contributed by atoms with Gasteiger partial charge in [0.15, 0.2) is 17.3 Å². The first-order valence-corrected chi connectivity index (χ1v) is 9.87. The maximum atomic E-state index is 13.3. The van der Waals surface area contributed by atoms with E-state index < -0.39 is 5.97 Å². The number of aromatic carboxylic acids is 1. The van der Waals surface area contributed by atoms with E-state index >= 15 is 0 Å². The van der Waals surface area contributed by atoms with Gasteiger partial charge in [0.1, 0.15) is 0 Å². The van der Waals surface area contributed by atoms with Gasteiger partial charge in [-0.1, -0.05) is 19.9 Å². The molecule has 2 aromatic rings. The van der Waals surface area contributed by atoms with Crippen LogP contribution in [0.1, 0.15) is 48.7 Å². The highest BCUT2D eigenvalue weighted by Gasteiger charge is 2.39. The molecule has 2 heterocycles. The normalized spacial score (nSPS) is 21.1. The molecule has 0 bridgehead atoms. The Bertz CT molecular complexity index is 1120. The monoisotopic (exact) mass is 406 g/mol. The van der Waals surface area contributed by atoms with Crippen molar-refractivity contribution in [2.24, 2.45) is 5.41 Å². The number of carboxylic acid groups (broad SMARTS) is 1. The van der Waals surface area contributed by atoms with E-state index in [1.807, 2.05) is 18.2 Å². The van der Waals surface area contributed by atoms with Gasteiger partial charge < -0.3 is 25.2 Å². The molecule has 7 heteroatoms. The molecule has 0 saturated carbocycles. The van der Waals surface area contributed by atoms with Gasteiger partial charge in [-0.25, -0.2) is 4.79 Å². The third kappa shape index (κ3) is 3.07. The zero-order valence-corrected chi connectivity index (χ0v) is 16.7. The number of Topliss-reactive ketones (excluding diaryl/α,β-unsaturated/α-hetero) is 1. The predicted octanol–water partition coefficient (Wildman–Crippen LogP) is 4.34. The largest absolute Gasteiger partial charge is 0.478 e. The van der Waals surface area contributed by atoms with Gasteiger partial charge in [0, 0.05) is 17.7 Å². The smallest absolute Gasteiger partial charge is 0.335 e. The number of hydrogen-bond donors (Lipinski definition) is 3. The molecule has 3 N–H and O–H groups in total. The van der Waals surface area contributed by atoms with E-state index in [2.05, 4.69) is 24.5 Å². The number of carbonyl (C=O) groups excluding carboxylic acids is 1. The number of anilines is 2. The van der Waals surface area contributed by atoms with Crippen molar-refractivity contribution in [1.82, 2.24) is 0 Å². The van der Waals surface area contributed by atoms with E-state index in [0.29, 0.717) is 35.6 Å². The Kier molecular flexibility index (Phi) is 4.03. The van der Waals surface area contributed by atoms with Crippen molar-refractivity contribution in [3.63, 3.8) is 0 Å². The van der Waals surface area contributed by atoms with Crippen LogP contribution in [0.3, 0.4) is 0 Å². The number of carboxylic acids is 1. The minimum atomic E-state index is -0.995. The SMILES string of the molecule is CC1(C)CC(=O)C2=C(C1)Nc1cc(C(=O)O)ccc1NC2c1ccc2c(c1)OCO2. The van der Waals surface area contributed by atoms with Gasteiger partial charge in [-0.3, -0.25) is 4.79 Å². The molecule has 1 atom stereocenters. The zero-order chi connectivity index (χ0) is 21.0.